The number of aromatic hydroxyl groups is 3. The van der Waals surface area contributed by atoms with Crippen molar-refractivity contribution in [1.82, 2.24) is 53.2 Å². The lowest BCUT2D eigenvalue weighted by Crippen LogP contribution is -2.60. The zero-order chi connectivity index (χ0) is 79.5. The van der Waals surface area contributed by atoms with Gasteiger partial charge in [0.25, 0.3) is 0 Å². The lowest BCUT2D eigenvalue weighted by atomic mass is 9.54. The zero-order valence-electron chi connectivity index (χ0n) is 61.2. The molecule has 0 spiro atoms. The van der Waals surface area contributed by atoms with Crippen molar-refractivity contribution in [2.75, 3.05) is 47.1 Å². The van der Waals surface area contributed by atoms with Crippen LogP contribution in [0.1, 0.15) is 123 Å². The summed E-state index contributed by atoms with van der Waals surface area (Å²) in [7, 11) is 2.95. The average Bonchev–Trinajstić information content (AvgIpc) is 0.761. The fourth-order valence-electron chi connectivity index (χ4n) is 16.1. The van der Waals surface area contributed by atoms with Gasteiger partial charge >= 0.3 is 6.03 Å². The molecule has 4 aliphatic carbocycles. The summed E-state index contributed by atoms with van der Waals surface area (Å²) in [6.07, 6.45) is -9.87. The molecule has 1 unspecified atom stereocenters. The first-order chi connectivity index (χ1) is 53.0. The van der Waals surface area contributed by atoms with Gasteiger partial charge in [-0.15, -0.1) is 0 Å². The molecule has 15 bridgehead atoms. The van der Waals surface area contributed by atoms with Gasteiger partial charge in [0.1, 0.15) is 102 Å². The van der Waals surface area contributed by atoms with Crippen LogP contribution >= 0.6 is 11.6 Å². The molecule has 6 heterocycles. The van der Waals surface area contributed by atoms with E-state index in [2.05, 4.69) is 53.2 Å². The highest BCUT2D eigenvalue weighted by Crippen LogP contribution is 2.55. The number of hydrogen-bond acceptors (Lipinski definition) is 25. The molecule has 10 amide bonds. The fraction of sp³-hybridized carbons (Fsp3) is 0.487. The molecular formula is C76H92ClN11O23. The normalized spacial score (nSPS) is 28.5. The number of aliphatic hydroxyl groups excluding tert-OH is 5. The smallest absolute Gasteiger partial charge is 0.321 e. The van der Waals surface area contributed by atoms with Gasteiger partial charge in [0.15, 0.2) is 11.5 Å². The number of urea groups is 1. The maximum atomic E-state index is 16.3. The molecule has 35 heteroatoms. The quantitative estimate of drug-likeness (QED) is 0.0551. The van der Waals surface area contributed by atoms with E-state index < -0.39 is 192 Å². The van der Waals surface area contributed by atoms with Gasteiger partial charge in [-0.3, -0.25) is 43.7 Å². The van der Waals surface area contributed by atoms with Gasteiger partial charge in [-0.1, -0.05) is 43.6 Å². The number of carbonyl (C=O) groups is 9. The lowest BCUT2D eigenvalue weighted by molar-refractivity contribution is -0.270. The first-order valence-corrected chi connectivity index (χ1v) is 37.1. The summed E-state index contributed by atoms with van der Waals surface area (Å²) in [6, 6.07) is -0.151. The maximum absolute atomic E-state index is 16.3. The summed E-state index contributed by atoms with van der Waals surface area (Å²) in [4.78, 5) is 136. The summed E-state index contributed by atoms with van der Waals surface area (Å²) >= 11 is 7.16. The van der Waals surface area contributed by atoms with Gasteiger partial charge < -0.3 is 123 Å². The summed E-state index contributed by atoms with van der Waals surface area (Å²) in [6.45, 7) is 4.94. The van der Waals surface area contributed by atoms with Crippen LogP contribution in [-0.4, -0.2) is 202 Å². The van der Waals surface area contributed by atoms with E-state index in [-0.39, 0.29) is 112 Å². The van der Waals surface area contributed by atoms with Crippen molar-refractivity contribution in [3.8, 4) is 57.1 Å². The number of phenolic OH excluding ortho intramolecular Hbond substituents is 3. The van der Waals surface area contributed by atoms with E-state index in [1.807, 2.05) is 13.8 Å². The van der Waals surface area contributed by atoms with E-state index in [4.69, 9.17) is 45.8 Å². The number of fused-ring (bicyclic) bond motifs is 15. The largest absolute Gasteiger partial charge is 0.508 e. The number of amides is 10. The van der Waals surface area contributed by atoms with Crippen LogP contribution in [0.2, 0.25) is 5.02 Å². The van der Waals surface area contributed by atoms with Gasteiger partial charge in [-0.2, -0.15) is 0 Å². The Hall–Kier alpha value is -9.98. The fourth-order valence-corrected chi connectivity index (χ4v) is 16.3. The number of aliphatic hydroxyl groups is 5. The number of likely N-dealkylation sites (N-methyl/N-ethyl adjacent to an activating group) is 1. The van der Waals surface area contributed by atoms with E-state index in [0.29, 0.717) is 11.8 Å². The molecule has 111 heavy (non-hydrogen) atoms. The average molecular weight is 1560 g/mol. The minimum absolute atomic E-state index is 0.0387. The Balaban J connectivity index is 1.05. The standard InChI is InChI=1S/C76H92ClN11O23/c1-31(2)16-45(79-4)68(98)87-60-62(93)36-7-10-49(32(3)17-36)108-51-25-40-26-52(67(51)111-75-66(97)65(96)64(95)53(30-78)110-75)109-50-11-8-37(24-44(50)77)63(94)61-74(104)86-59(72(102)83-56-38-19-33-18-34(21-38)22-39(56)20-33)43-27-41(89)28-48(91)55(43)42-23-35(6-9-47(42)90)57(70(100)88-61)85-71(101)58(40)84-69(99)46(81-73(60)103)29-54(92)82-76(105)80-12-13-107-15-14-106-5/h6-11,17,23-28,31,33-34,38-39,45-46,53,56-66,75,79,89-91,93-97H,12-16,18-22,29-30,78H2,1-5H3,(H,81,103)(H,83,102)(H,84,99)(H,85,101)(H,86,104)(H,87,98)(H,88,100)(H2,80,82,92,105)/t33?,34?,38?,39?,45-,46+,53-,56?,57-,58?,59+,60-,61+,62-,63-,64-,65+,66-,75+/m1/s1. The van der Waals surface area contributed by atoms with E-state index in [0.717, 1.165) is 80.6 Å². The van der Waals surface area contributed by atoms with Crippen molar-refractivity contribution >= 4 is 64.9 Å². The molecule has 34 nitrogen and oxygen atoms in total. The number of aryl methyl sites for hydroxylation is 1. The highest BCUT2D eigenvalue weighted by molar-refractivity contribution is 6.32. The first kappa shape index (κ1) is 80.5. The summed E-state index contributed by atoms with van der Waals surface area (Å²) in [5.41, 5.74) is 4.26. The SMILES string of the molecule is CN[C@H](CC(C)C)C(=O)N[C@H]1C(=O)N[C@@H](CC(=O)NC(=O)NCCOCCOC)C(=O)NC2C(=O)N[C@H]3C(=O)N[C@H](C(=O)N[C@H](C(=O)NC4C5CC6CC(C5)CC4C6)c4cc(O)cc(O)c4-c4cc3ccc4O)[C@H](O)c3ccc(c(Cl)c3)Oc3cc2cc(c3O[C@@H]2O[C@H](CN)[C@@H](O)[C@H](O)[C@H]2O)Oc2ccc(cc2C)[C@H]1O. The van der Waals surface area contributed by atoms with Crippen LogP contribution in [0, 0.1) is 36.5 Å². The molecule has 1 saturated heterocycles. The molecule has 0 aromatic heterocycles. The van der Waals surface area contributed by atoms with E-state index in [9.17, 15) is 55.2 Å². The van der Waals surface area contributed by atoms with Crippen LogP contribution in [0.15, 0.2) is 78.9 Å². The van der Waals surface area contributed by atoms with Crippen molar-refractivity contribution in [3.05, 3.63) is 117 Å². The topological polar surface area (TPSA) is 517 Å². The highest BCUT2D eigenvalue weighted by Gasteiger charge is 2.51. The van der Waals surface area contributed by atoms with Crippen LogP contribution in [0.5, 0.6) is 46.0 Å². The molecule has 4 saturated carbocycles. The Morgan fingerprint density at radius 2 is 1.31 bits per heavy atom. The minimum Gasteiger partial charge on any atom is -0.508 e. The van der Waals surface area contributed by atoms with Crippen molar-refractivity contribution < 1.29 is 112 Å². The molecule has 596 valence electrons. The Morgan fingerprint density at radius 1 is 0.658 bits per heavy atom. The van der Waals surface area contributed by atoms with Crippen molar-refractivity contribution in [2.24, 2.45) is 35.3 Å². The Morgan fingerprint density at radius 3 is 1.96 bits per heavy atom. The predicted octanol–water partition coefficient (Wildman–Crippen LogP) is 1.35. The number of halogens is 1. The summed E-state index contributed by atoms with van der Waals surface area (Å²) < 4.78 is 36.2. The second kappa shape index (κ2) is 34.3. The molecule has 0 radical (unpaired) electrons. The number of rotatable bonds is 18. The van der Waals surface area contributed by atoms with Crippen LogP contribution in [-0.2, 0) is 52.6 Å². The second-order valence-electron chi connectivity index (χ2n) is 29.6. The van der Waals surface area contributed by atoms with Crippen LogP contribution < -0.4 is 73.1 Å². The Labute approximate surface area is 641 Å². The number of hydrogen-bond donors (Lipinski definition) is 19. The lowest BCUT2D eigenvalue weighted by Gasteiger charge is -2.54. The molecule has 15 rings (SSSR count). The third-order valence-electron chi connectivity index (χ3n) is 21.4. The first-order valence-electron chi connectivity index (χ1n) is 36.7. The number of benzene rings is 5. The number of imide groups is 1. The number of carbonyl (C=O) groups excluding carboxylic acids is 9. The maximum Gasteiger partial charge on any atom is 0.321 e. The summed E-state index contributed by atoms with van der Waals surface area (Å²) in [5.74, 6) is -12.6. The minimum atomic E-state index is -2.33. The molecule has 10 aliphatic rings. The van der Waals surface area contributed by atoms with Crippen molar-refractivity contribution in [3.63, 3.8) is 0 Å². The van der Waals surface area contributed by atoms with E-state index in [1.54, 1.807) is 0 Å². The number of nitrogens with two attached hydrogens (primary N) is 1. The van der Waals surface area contributed by atoms with Gasteiger partial charge in [0.2, 0.25) is 59.3 Å². The highest BCUT2D eigenvalue weighted by atomic mass is 35.5. The number of nitrogens with one attached hydrogen (secondary N) is 10. The number of methoxy groups -OCH3 is 1. The van der Waals surface area contributed by atoms with E-state index in [1.165, 1.54) is 51.4 Å². The van der Waals surface area contributed by atoms with Crippen LogP contribution in [0.25, 0.3) is 11.1 Å². The Kier molecular flexibility index (Phi) is 24.9. The van der Waals surface area contributed by atoms with Gasteiger partial charge in [0.05, 0.1) is 37.3 Å². The monoisotopic (exact) mass is 1560 g/mol. The molecule has 6 aliphatic heterocycles. The van der Waals surface area contributed by atoms with E-state index >= 15 is 28.8 Å². The van der Waals surface area contributed by atoms with Gasteiger partial charge in [-0.25, -0.2) is 4.79 Å². The van der Waals surface area contributed by atoms with Crippen LogP contribution in [0.4, 0.5) is 4.79 Å². The molecule has 5 aromatic carbocycles. The van der Waals surface area contributed by atoms with Crippen molar-refractivity contribution in [2.45, 2.75) is 157 Å². The van der Waals surface area contributed by atoms with Gasteiger partial charge in [0, 0.05) is 43.4 Å². The molecular weight excluding hydrogens is 1470 g/mol. The molecule has 14 atom stereocenters. The van der Waals surface area contributed by atoms with Crippen LogP contribution in [0.3, 0.4) is 0 Å². The van der Waals surface area contributed by atoms with Gasteiger partial charge in [-0.05, 0) is 170 Å². The second-order valence-corrected chi connectivity index (χ2v) is 30.0. The molecule has 5 fully saturated rings. The number of ether oxygens (including phenoxy) is 6. The predicted molar refractivity (Wildman–Crippen MR) is 391 cm³/mol. The third-order valence-corrected chi connectivity index (χ3v) is 21.7. The number of phenols is 3. The van der Waals surface area contributed by atoms with Crippen molar-refractivity contribution in [1.29, 1.82) is 0 Å². The zero-order valence-corrected chi connectivity index (χ0v) is 62.0. The molecule has 20 N–H and O–H groups in total. The summed E-state index contributed by atoms with van der Waals surface area (Å²) in [5, 5.41) is 120. The third kappa shape index (κ3) is 17.7. The molecule has 5 aromatic rings. The Bertz CT molecular complexity index is 4370.